The molecule has 0 aromatic heterocycles. The molecular formula is C24H23NO4. The van der Waals surface area contributed by atoms with Crippen molar-refractivity contribution < 1.29 is 19.1 Å². The molecule has 148 valence electrons. The SMILES string of the molecule is COc1ccccc1[C@H](C)NC(=O)COc1ccc(C(=O)c2ccccc2)cc1. The van der Waals surface area contributed by atoms with E-state index in [2.05, 4.69) is 5.32 Å². The number of hydrogen-bond donors (Lipinski definition) is 1. The molecule has 0 saturated heterocycles. The van der Waals surface area contributed by atoms with Crippen molar-refractivity contribution in [1.82, 2.24) is 5.32 Å². The molecular weight excluding hydrogens is 366 g/mol. The number of hydrogen-bond acceptors (Lipinski definition) is 4. The van der Waals surface area contributed by atoms with Crippen molar-refractivity contribution in [1.29, 1.82) is 0 Å². The van der Waals surface area contributed by atoms with Crippen LogP contribution in [-0.4, -0.2) is 25.4 Å². The summed E-state index contributed by atoms with van der Waals surface area (Å²) < 4.78 is 10.9. The molecule has 0 radical (unpaired) electrons. The van der Waals surface area contributed by atoms with Gasteiger partial charge in [0.25, 0.3) is 5.91 Å². The minimum atomic E-state index is -0.243. The molecule has 5 nitrogen and oxygen atoms in total. The largest absolute Gasteiger partial charge is 0.496 e. The van der Waals surface area contributed by atoms with Crippen molar-refractivity contribution in [2.24, 2.45) is 0 Å². The van der Waals surface area contributed by atoms with Gasteiger partial charge in [-0.25, -0.2) is 0 Å². The number of ether oxygens (including phenoxy) is 2. The summed E-state index contributed by atoms with van der Waals surface area (Å²) in [6, 6.07) is 23.2. The summed E-state index contributed by atoms with van der Waals surface area (Å²) in [5, 5.41) is 2.89. The Morgan fingerprint density at radius 3 is 2.17 bits per heavy atom. The molecule has 1 atom stereocenters. The van der Waals surface area contributed by atoms with Crippen LogP contribution in [0.25, 0.3) is 0 Å². The Morgan fingerprint density at radius 2 is 1.48 bits per heavy atom. The second kappa shape index (κ2) is 9.55. The van der Waals surface area contributed by atoms with Crippen molar-refractivity contribution in [2.45, 2.75) is 13.0 Å². The van der Waals surface area contributed by atoms with Crippen molar-refractivity contribution in [3.63, 3.8) is 0 Å². The molecule has 0 aliphatic heterocycles. The van der Waals surface area contributed by atoms with Crippen molar-refractivity contribution in [3.8, 4) is 11.5 Å². The van der Waals surface area contributed by atoms with E-state index in [0.717, 1.165) is 11.3 Å². The zero-order valence-electron chi connectivity index (χ0n) is 16.4. The normalized spacial score (nSPS) is 11.4. The fourth-order valence-corrected chi connectivity index (χ4v) is 2.99. The Morgan fingerprint density at radius 1 is 0.862 bits per heavy atom. The molecule has 3 aromatic rings. The van der Waals surface area contributed by atoms with E-state index in [9.17, 15) is 9.59 Å². The summed E-state index contributed by atoms with van der Waals surface area (Å²) >= 11 is 0. The van der Waals surface area contributed by atoms with Gasteiger partial charge in [-0.1, -0.05) is 48.5 Å². The van der Waals surface area contributed by atoms with Crippen LogP contribution in [0.5, 0.6) is 11.5 Å². The molecule has 0 aliphatic rings. The van der Waals surface area contributed by atoms with Gasteiger partial charge in [0.05, 0.1) is 13.2 Å². The lowest BCUT2D eigenvalue weighted by molar-refractivity contribution is -0.123. The Bertz CT molecular complexity index is 968. The first kappa shape index (κ1) is 20.1. The molecule has 3 rings (SSSR count). The summed E-state index contributed by atoms with van der Waals surface area (Å²) in [7, 11) is 1.60. The van der Waals surface area contributed by atoms with Gasteiger partial charge in [0, 0.05) is 16.7 Å². The monoisotopic (exact) mass is 389 g/mol. The van der Waals surface area contributed by atoms with E-state index >= 15 is 0 Å². The van der Waals surface area contributed by atoms with Gasteiger partial charge in [0.2, 0.25) is 0 Å². The highest BCUT2D eigenvalue weighted by molar-refractivity contribution is 6.08. The molecule has 0 spiro atoms. The van der Waals surface area contributed by atoms with Gasteiger partial charge in [0.15, 0.2) is 12.4 Å². The first-order valence-electron chi connectivity index (χ1n) is 9.33. The summed E-state index contributed by atoms with van der Waals surface area (Å²) in [6.07, 6.45) is 0. The molecule has 0 aliphatic carbocycles. The van der Waals surface area contributed by atoms with Crippen molar-refractivity contribution in [3.05, 3.63) is 95.6 Å². The first-order valence-corrected chi connectivity index (χ1v) is 9.33. The van der Waals surface area contributed by atoms with Crippen LogP contribution in [0.15, 0.2) is 78.9 Å². The van der Waals surface area contributed by atoms with Crippen LogP contribution in [0, 0.1) is 0 Å². The molecule has 5 heteroatoms. The lowest BCUT2D eigenvalue weighted by Gasteiger charge is -2.17. The quantitative estimate of drug-likeness (QED) is 0.587. The number of para-hydroxylation sites is 1. The minimum absolute atomic E-state index is 0.0551. The zero-order chi connectivity index (χ0) is 20.6. The highest BCUT2D eigenvalue weighted by Gasteiger charge is 2.14. The van der Waals surface area contributed by atoms with Gasteiger partial charge in [-0.2, -0.15) is 0 Å². The lowest BCUT2D eigenvalue weighted by atomic mass is 10.0. The molecule has 3 aromatic carbocycles. The Hall–Kier alpha value is -3.60. The van der Waals surface area contributed by atoms with Gasteiger partial charge in [-0.15, -0.1) is 0 Å². The maximum absolute atomic E-state index is 12.4. The van der Waals surface area contributed by atoms with Crippen LogP contribution >= 0.6 is 0 Å². The van der Waals surface area contributed by atoms with Crippen molar-refractivity contribution >= 4 is 11.7 Å². The van der Waals surface area contributed by atoms with E-state index in [1.54, 1.807) is 43.5 Å². The molecule has 0 unspecified atom stereocenters. The second-order valence-corrected chi connectivity index (χ2v) is 6.54. The third-order valence-electron chi connectivity index (χ3n) is 4.51. The Balaban J connectivity index is 1.54. The number of rotatable bonds is 8. The smallest absolute Gasteiger partial charge is 0.258 e. The standard InChI is InChI=1S/C24H23NO4/c1-17(21-10-6-7-11-22(21)28-2)25-23(26)16-29-20-14-12-19(13-15-20)24(27)18-8-4-3-5-9-18/h3-15,17H,16H2,1-2H3,(H,25,26)/t17-/m0/s1. The van der Waals surface area contributed by atoms with Crippen LogP contribution in [0.1, 0.15) is 34.5 Å². The predicted molar refractivity (Wildman–Crippen MR) is 111 cm³/mol. The van der Waals surface area contributed by atoms with Gasteiger partial charge in [-0.05, 0) is 37.3 Å². The number of carbonyl (C=O) groups is 2. The molecule has 0 saturated carbocycles. The lowest BCUT2D eigenvalue weighted by Crippen LogP contribution is -2.31. The first-order chi connectivity index (χ1) is 14.1. The number of amides is 1. The molecule has 0 fully saturated rings. The van der Waals surface area contributed by atoms with E-state index in [1.165, 1.54) is 0 Å². The van der Waals surface area contributed by atoms with E-state index in [0.29, 0.717) is 16.9 Å². The minimum Gasteiger partial charge on any atom is -0.496 e. The second-order valence-electron chi connectivity index (χ2n) is 6.54. The maximum atomic E-state index is 12.4. The molecule has 29 heavy (non-hydrogen) atoms. The Labute approximate surface area is 170 Å². The van der Waals surface area contributed by atoms with Crippen LogP contribution in [0.2, 0.25) is 0 Å². The summed E-state index contributed by atoms with van der Waals surface area (Å²) in [5.74, 6) is 0.947. The van der Waals surface area contributed by atoms with Crippen LogP contribution in [0.4, 0.5) is 0 Å². The number of methoxy groups -OCH3 is 1. The Kier molecular flexibility index (Phi) is 6.63. The van der Waals surface area contributed by atoms with E-state index in [1.807, 2.05) is 49.4 Å². The summed E-state index contributed by atoms with van der Waals surface area (Å²) in [5.41, 5.74) is 2.09. The molecule has 1 N–H and O–H groups in total. The van der Waals surface area contributed by atoms with Crippen molar-refractivity contribution in [2.75, 3.05) is 13.7 Å². The average Bonchev–Trinajstić information content (AvgIpc) is 2.78. The van der Waals surface area contributed by atoms with Gasteiger partial charge >= 0.3 is 0 Å². The maximum Gasteiger partial charge on any atom is 0.258 e. The van der Waals surface area contributed by atoms with Crippen LogP contribution in [-0.2, 0) is 4.79 Å². The zero-order valence-corrected chi connectivity index (χ0v) is 16.4. The van der Waals surface area contributed by atoms with Gasteiger partial charge in [0.1, 0.15) is 11.5 Å². The van der Waals surface area contributed by atoms with Gasteiger partial charge < -0.3 is 14.8 Å². The number of nitrogens with one attached hydrogen (secondary N) is 1. The summed E-state index contributed by atoms with van der Waals surface area (Å²) in [6.45, 7) is 1.77. The number of benzene rings is 3. The van der Waals surface area contributed by atoms with Gasteiger partial charge in [-0.3, -0.25) is 9.59 Å². The predicted octanol–water partition coefficient (Wildman–Crippen LogP) is 4.18. The third-order valence-corrected chi connectivity index (χ3v) is 4.51. The van der Waals surface area contributed by atoms with Crippen LogP contribution in [0.3, 0.4) is 0 Å². The molecule has 1 amide bonds. The average molecular weight is 389 g/mol. The van der Waals surface area contributed by atoms with E-state index < -0.39 is 0 Å². The van der Waals surface area contributed by atoms with E-state index in [4.69, 9.17) is 9.47 Å². The highest BCUT2D eigenvalue weighted by atomic mass is 16.5. The third kappa shape index (κ3) is 5.23. The topological polar surface area (TPSA) is 64.6 Å². The molecule has 0 heterocycles. The van der Waals surface area contributed by atoms with Crippen LogP contribution < -0.4 is 14.8 Å². The van der Waals surface area contributed by atoms with E-state index in [-0.39, 0.29) is 24.3 Å². The number of ketones is 1. The fraction of sp³-hybridized carbons (Fsp3) is 0.167. The number of carbonyl (C=O) groups excluding carboxylic acids is 2. The molecule has 0 bridgehead atoms. The summed E-state index contributed by atoms with van der Waals surface area (Å²) in [4.78, 5) is 24.6. The highest BCUT2D eigenvalue weighted by Crippen LogP contribution is 2.24. The fourth-order valence-electron chi connectivity index (χ4n) is 2.99.